The van der Waals surface area contributed by atoms with E-state index in [1.165, 1.54) is 24.0 Å². The fourth-order valence-corrected chi connectivity index (χ4v) is 3.37. The van der Waals surface area contributed by atoms with Crippen molar-refractivity contribution in [3.63, 3.8) is 0 Å². The Bertz CT molecular complexity index is 645. The third-order valence-corrected chi connectivity index (χ3v) is 4.85. The van der Waals surface area contributed by atoms with Gasteiger partial charge in [-0.15, -0.1) is 0 Å². The van der Waals surface area contributed by atoms with Crippen LogP contribution in [0.5, 0.6) is 0 Å². The number of hydrogen-bond donors (Lipinski definition) is 1. The maximum atomic E-state index is 12.5. The molecule has 0 saturated carbocycles. The molecule has 1 amide bonds. The zero-order valence-electron chi connectivity index (χ0n) is 14.4. The van der Waals surface area contributed by atoms with Crippen molar-refractivity contribution in [2.24, 2.45) is 0 Å². The Morgan fingerprint density at radius 2 is 1.71 bits per heavy atom. The molecule has 1 heterocycles. The van der Waals surface area contributed by atoms with Crippen LogP contribution in [0.25, 0.3) is 0 Å². The first-order chi connectivity index (χ1) is 11.8. The number of amides is 1. The van der Waals surface area contributed by atoms with Gasteiger partial charge in [0.15, 0.2) is 0 Å². The van der Waals surface area contributed by atoms with E-state index in [1.807, 2.05) is 30.3 Å². The van der Waals surface area contributed by atoms with Crippen molar-refractivity contribution in [3.8, 4) is 0 Å². The molecular formula is C21H26N2O. The van der Waals surface area contributed by atoms with E-state index in [9.17, 15) is 4.79 Å². The van der Waals surface area contributed by atoms with Crippen LogP contribution in [0.1, 0.15) is 47.3 Å². The molecule has 0 spiro atoms. The lowest BCUT2D eigenvalue weighted by atomic mass is 10.0. The second kappa shape index (κ2) is 8.11. The number of likely N-dealkylation sites (tertiary alicyclic amines) is 1. The summed E-state index contributed by atoms with van der Waals surface area (Å²) in [5, 5.41) is 3.13. The molecule has 1 aliphatic heterocycles. The van der Waals surface area contributed by atoms with E-state index in [4.69, 9.17) is 0 Å². The van der Waals surface area contributed by atoms with Gasteiger partial charge in [-0.05, 0) is 55.6 Å². The maximum Gasteiger partial charge on any atom is 0.251 e. The van der Waals surface area contributed by atoms with Gasteiger partial charge in [0.1, 0.15) is 0 Å². The lowest BCUT2D eigenvalue weighted by molar-refractivity contribution is 0.0938. The monoisotopic (exact) mass is 322 g/mol. The molecule has 0 aliphatic carbocycles. The third-order valence-electron chi connectivity index (χ3n) is 4.85. The largest absolute Gasteiger partial charge is 0.350 e. The zero-order valence-corrected chi connectivity index (χ0v) is 14.4. The van der Waals surface area contributed by atoms with Gasteiger partial charge in [0, 0.05) is 12.1 Å². The number of nitrogens with one attached hydrogen (secondary N) is 1. The third kappa shape index (κ3) is 4.04. The Morgan fingerprint density at radius 1 is 1.04 bits per heavy atom. The van der Waals surface area contributed by atoms with Crippen LogP contribution in [0.3, 0.4) is 0 Å². The van der Waals surface area contributed by atoms with E-state index in [-0.39, 0.29) is 11.9 Å². The maximum absolute atomic E-state index is 12.5. The summed E-state index contributed by atoms with van der Waals surface area (Å²) in [6, 6.07) is 18.7. The predicted molar refractivity (Wildman–Crippen MR) is 98.1 cm³/mol. The highest BCUT2D eigenvalue weighted by atomic mass is 16.1. The number of nitrogens with zero attached hydrogens (tertiary/aromatic N) is 1. The molecule has 1 atom stereocenters. The van der Waals surface area contributed by atoms with Gasteiger partial charge >= 0.3 is 0 Å². The summed E-state index contributed by atoms with van der Waals surface area (Å²) in [5.41, 5.74) is 3.27. The normalized spacial score (nSPS) is 16.0. The highest BCUT2D eigenvalue weighted by molar-refractivity contribution is 5.94. The summed E-state index contributed by atoms with van der Waals surface area (Å²) in [5.74, 6) is 0.0118. The Hall–Kier alpha value is -2.13. The Kier molecular flexibility index (Phi) is 5.65. The fraction of sp³-hybridized carbons (Fsp3) is 0.381. The van der Waals surface area contributed by atoms with Gasteiger partial charge in [0.25, 0.3) is 5.91 Å². The molecular weight excluding hydrogens is 296 g/mol. The Labute approximate surface area is 144 Å². The number of carbonyl (C=O) groups excluding carboxylic acids is 1. The predicted octanol–water partition coefficient (Wildman–Crippen LogP) is 3.82. The van der Waals surface area contributed by atoms with Gasteiger partial charge in [-0.1, -0.05) is 49.4 Å². The first-order valence-electron chi connectivity index (χ1n) is 8.94. The van der Waals surface area contributed by atoms with Crippen molar-refractivity contribution in [2.75, 3.05) is 19.6 Å². The van der Waals surface area contributed by atoms with Crippen LogP contribution in [0, 0.1) is 0 Å². The highest BCUT2D eigenvalue weighted by Gasteiger charge is 2.23. The molecule has 1 saturated heterocycles. The molecule has 126 valence electrons. The van der Waals surface area contributed by atoms with Crippen LogP contribution in [0.4, 0.5) is 0 Å². The molecule has 0 bridgehead atoms. The number of hydrogen-bond acceptors (Lipinski definition) is 2. The van der Waals surface area contributed by atoms with Crippen molar-refractivity contribution < 1.29 is 4.79 Å². The molecule has 2 aromatic rings. The van der Waals surface area contributed by atoms with Gasteiger partial charge in [-0.2, -0.15) is 0 Å². The van der Waals surface area contributed by atoms with Crippen LogP contribution >= 0.6 is 0 Å². The molecule has 1 aliphatic rings. The molecule has 24 heavy (non-hydrogen) atoms. The average Bonchev–Trinajstić information content (AvgIpc) is 3.17. The van der Waals surface area contributed by atoms with E-state index in [2.05, 4.69) is 41.4 Å². The molecule has 1 N–H and O–H groups in total. The van der Waals surface area contributed by atoms with Gasteiger partial charge < -0.3 is 5.32 Å². The lowest BCUT2D eigenvalue weighted by Crippen LogP contribution is -2.36. The van der Waals surface area contributed by atoms with Gasteiger partial charge in [-0.25, -0.2) is 0 Å². The second-order valence-electron chi connectivity index (χ2n) is 6.43. The average molecular weight is 322 g/mol. The van der Waals surface area contributed by atoms with Crippen LogP contribution < -0.4 is 5.32 Å². The van der Waals surface area contributed by atoms with E-state index in [0.29, 0.717) is 6.54 Å². The van der Waals surface area contributed by atoms with Crippen molar-refractivity contribution in [1.29, 1.82) is 0 Å². The molecule has 3 rings (SSSR count). The van der Waals surface area contributed by atoms with Gasteiger partial charge in [0.2, 0.25) is 0 Å². The minimum Gasteiger partial charge on any atom is -0.350 e. The Morgan fingerprint density at radius 3 is 2.33 bits per heavy atom. The molecule has 3 nitrogen and oxygen atoms in total. The van der Waals surface area contributed by atoms with Gasteiger partial charge in [-0.3, -0.25) is 9.69 Å². The Balaban J connectivity index is 1.67. The van der Waals surface area contributed by atoms with Crippen LogP contribution in [-0.2, 0) is 6.42 Å². The lowest BCUT2D eigenvalue weighted by Gasteiger charge is -2.28. The van der Waals surface area contributed by atoms with E-state index in [0.717, 1.165) is 25.1 Å². The summed E-state index contributed by atoms with van der Waals surface area (Å²) in [6.07, 6.45) is 3.48. The topological polar surface area (TPSA) is 32.3 Å². The smallest absolute Gasteiger partial charge is 0.251 e. The summed E-state index contributed by atoms with van der Waals surface area (Å²) in [6.45, 7) is 5.00. The summed E-state index contributed by atoms with van der Waals surface area (Å²) in [4.78, 5) is 14.9. The van der Waals surface area contributed by atoms with Crippen molar-refractivity contribution >= 4 is 5.91 Å². The summed E-state index contributed by atoms with van der Waals surface area (Å²) >= 11 is 0. The summed E-state index contributed by atoms with van der Waals surface area (Å²) in [7, 11) is 0. The van der Waals surface area contributed by atoms with E-state index < -0.39 is 0 Å². The minimum absolute atomic E-state index is 0.0118. The first kappa shape index (κ1) is 16.7. The van der Waals surface area contributed by atoms with Crippen molar-refractivity contribution in [1.82, 2.24) is 10.2 Å². The van der Waals surface area contributed by atoms with Crippen molar-refractivity contribution in [3.05, 3.63) is 71.3 Å². The number of carbonyl (C=O) groups is 1. The molecule has 0 aromatic heterocycles. The molecule has 1 fully saturated rings. The SMILES string of the molecule is CCc1ccc(C(=O)NCC(c2ccccc2)N2CCCC2)cc1. The minimum atomic E-state index is 0.0118. The standard InChI is InChI=1S/C21H26N2O/c1-2-17-10-12-19(13-11-17)21(24)22-16-20(23-14-6-7-15-23)18-8-4-3-5-9-18/h3-5,8-13,20H,2,6-7,14-16H2,1H3,(H,22,24). The van der Waals surface area contributed by atoms with Crippen LogP contribution in [0.2, 0.25) is 0 Å². The number of aryl methyl sites for hydroxylation is 1. The zero-order chi connectivity index (χ0) is 16.8. The quantitative estimate of drug-likeness (QED) is 0.877. The molecule has 0 radical (unpaired) electrons. The molecule has 3 heteroatoms. The first-order valence-corrected chi connectivity index (χ1v) is 8.94. The van der Waals surface area contributed by atoms with Gasteiger partial charge in [0.05, 0.1) is 6.04 Å². The summed E-state index contributed by atoms with van der Waals surface area (Å²) < 4.78 is 0. The van der Waals surface area contributed by atoms with E-state index in [1.54, 1.807) is 0 Å². The molecule has 1 unspecified atom stereocenters. The molecule has 2 aromatic carbocycles. The second-order valence-corrected chi connectivity index (χ2v) is 6.43. The fourth-order valence-electron chi connectivity index (χ4n) is 3.37. The number of benzene rings is 2. The number of rotatable bonds is 6. The van der Waals surface area contributed by atoms with Crippen molar-refractivity contribution in [2.45, 2.75) is 32.2 Å². The van der Waals surface area contributed by atoms with Crippen LogP contribution in [0.15, 0.2) is 54.6 Å². The van der Waals surface area contributed by atoms with E-state index >= 15 is 0 Å². The highest BCUT2D eigenvalue weighted by Crippen LogP contribution is 2.24. The van der Waals surface area contributed by atoms with Crippen LogP contribution in [-0.4, -0.2) is 30.4 Å².